The van der Waals surface area contributed by atoms with E-state index in [1.165, 1.54) is 6.42 Å². The number of hydrogen-bond donors (Lipinski definition) is 2. The summed E-state index contributed by atoms with van der Waals surface area (Å²) in [7, 11) is 0. The van der Waals surface area contributed by atoms with Crippen LogP contribution in [0.15, 0.2) is 0 Å². The van der Waals surface area contributed by atoms with Crippen LogP contribution in [0, 0.1) is 5.92 Å². The number of hydrogen-bond acceptors (Lipinski definition) is 1. The van der Waals surface area contributed by atoms with E-state index in [4.69, 9.17) is 0 Å². The summed E-state index contributed by atoms with van der Waals surface area (Å²) in [6, 6.07) is -0.0365. The maximum absolute atomic E-state index is 11.0. The molecule has 0 aromatic carbocycles. The normalized spacial score (nSPS) is 10.2. The van der Waals surface area contributed by atoms with Crippen molar-refractivity contribution in [2.45, 2.75) is 40.0 Å². The van der Waals surface area contributed by atoms with Crippen molar-refractivity contribution in [1.82, 2.24) is 10.6 Å². The first kappa shape index (κ1) is 12.3. The van der Waals surface area contributed by atoms with Crippen molar-refractivity contribution in [1.29, 1.82) is 0 Å². The Hall–Kier alpha value is -0.730. The van der Waals surface area contributed by atoms with Crippen molar-refractivity contribution in [3.05, 3.63) is 0 Å². The van der Waals surface area contributed by atoms with Crippen LogP contribution in [0.3, 0.4) is 0 Å². The van der Waals surface area contributed by atoms with E-state index in [0.29, 0.717) is 0 Å². The molecule has 0 saturated heterocycles. The average molecular weight is 186 g/mol. The molecule has 0 aromatic heterocycles. The largest absolute Gasteiger partial charge is 0.338 e. The molecule has 0 fully saturated rings. The zero-order valence-corrected chi connectivity index (χ0v) is 9.02. The van der Waals surface area contributed by atoms with Crippen molar-refractivity contribution < 1.29 is 4.79 Å². The first-order valence-corrected chi connectivity index (χ1v) is 5.18. The summed E-state index contributed by atoms with van der Waals surface area (Å²) in [4.78, 5) is 11.0. The first-order chi connectivity index (χ1) is 6.16. The summed E-state index contributed by atoms with van der Waals surface area (Å²) in [6.45, 7) is 7.97. The second-order valence-corrected chi connectivity index (χ2v) is 3.72. The number of carbonyl (C=O) groups excluding carboxylic acids is 1. The quantitative estimate of drug-likeness (QED) is 0.613. The molecule has 0 spiro atoms. The lowest BCUT2D eigenvalue weighted by Crippen LogP contribution is -2.36. The molecule has 3 nitrogen and oxygen atoms in total. The second-order valence-electron chi connectivity index (χ2n) is 3.72. The molecular formula is C10H22N2O. The molecule has 3 heteroatoms. The smallest absolute Gasteiger partial charge is 0.314 e. The highest BCUT2D eigenvalue weighted by molar-refractivity contribution is 5.73. The van der Waals surface area contributed by atoms with E-state index in [-0.39, 0.29) is 6.03 Å². The lowest BCUT2D eigenvalue weighted by Gasteiger charge is -2.07. The predicted octanol–water partition coefficient (Wildman–Crippen LogP) is 2.13. The van der Waals surface area contributed by atoms with Crippen LogP contribution in [0.4, 0.5) is 4.79 Å². The molecular weight excluding hydrogens is 164 g/mol. The van der Waals surface area contributed by atoms with Crippen LogP contribution < -0.4 is 10.6 Å². The van der Waals surface area contributed by atoms with Gasteiger partial charge in [-0.15, -0.1) is 0 Å². The van der Waals surface area contributed by atoms with E-state index in [1.807, 2.05) is 6.92 Å². The monoisotopic (exact) mass is 186 g/mol. The molecule has 0 bridgehead atoms. The third kappa shape index (κ3) is 9.18. The van der Waals surface area contributed by atoms with Gasteiger partial charge in [0.15, 0.2) is 0 Å². The Balaban J connectivity index is 3.17. The van der Waals surface area contributed by atoms with Gasteiger partial charge in [0.2, 0.25) is 0 Å². The third-order valence-electron chi connectivity index (χ3n) is 1.78. The minimum atomic E-state index is -0.0365. The Kier molecular flexibility index (Phi) is 7.45. The summed E-state index contributed by atoms with van der Waals surface area (Å²) in [6.07, 6.45) is 3.23. The highest BCUT2D eigenvalue weighted by atomic mass is 16.2. The summed E-state index contributed by atoms with van der Waals surface area (Å²) in [5.41, 5.74) is 0. The van der Waals surface area contributed by atoms with Crippen molar-refractivity contribution >= 4 is 6.03 Å². The average Bonchev–Trinajstić information content (AvgIpc) is 2.08. The number of rotatable bonds is 6. The van der Waals surface area contributed by atoms with Gasteiger partial charge in [-0.25, -0.2) is 4.79 Å². The van der Waals surface area contributed by atoms with Gasteiger partial charge in [0.25, 0.3) is 0 Å². The van der Waals surface area contributed by atoms with Gasteiger partial charge in [0.05, 0.1) is 0 Å². The molecule has 0 aliphatic rings. The van der Waals surface area contributed by atoms with E-state index in [9.17, 15) is 4.79 Å². The summed E-state index contributed by atoms with van der Waals surface area (Å²) in [5.74, 6) is 0.723. The maximum Gasteiger partial charge on any atom is 0.314 e. The van der Waals surface area contributed by atoms with Crippen molar-refractivity contribution in [3.63, 3.8) is 0 Å². The molecule has 0 unspecified atom stereocenters. The number of carbonyl (C=O) groups is 1. The number of amides is 2. The van der Waals surface area contributed by atoms with Crippen LogP contribution in [0.5, 0.6) is 0 Å². The molecule has 0 aliphatic heterocycles. The van der Waals surface area contributed by atoms with Gasteiger partial charge in [0.1, 0.15) is 0 Å². The predicted molar refractivity (Wildman–Crippen MR) is 55.8 cm³/mol. The molecule has 2 N–H and O–H groups in total. The lowest BCUT2D eigenvalue weighted by molar-refractivity contribution is 0.240. The van der Waals surface area contributed by atoms with E-state index in [0.717, 1.165) is 31.8 Å². The SMILES string of the molecule is CCCNC(=O)NCCCC(C)C. The molecule has 0 aromatic rings. The van der Waals surface area contributed by atoms with Crippen molar-refractivity contribution in [2.75, 3.05) is 13.1 Å². The van der Waals surface area contributed by atoms with E-state index < -0.39 is 0 Å². The molecule has 13 heavy (non-hydrogen) atoms. The molecule has 0 radical (unpaired) electrons. The highest BCUT2D eigenvalue weighted by Crippen LogP contribution is 2.01. The van der Waals surface area contributed by atoms with Crippen LogP contribution in [0.1, 0.15) is 40.0 Å². The highest BCUT2D eigenvalue weighted by Gasteiger charge is 1.97. The zero-order chi connectivity index (χ0) is 10.1. The molecule has 0 rings (SSSR count). The fraction of sp³-hybridized carbons (Fsp3) is 0.900. The standard InChI is InChI=1S/C10H22N2O/c1-4-7-11-10(13)12-8-5-6-9(2)3/h9H,4-8H2,1-3H3,(H2,11,12,13). The van der Waals surface area contributed by atoms with E-state index in [2.05, 4.69) is 24.5 Å². The Morgan fingerprint density at radius 1 is 1.23 bits per heavy atom. The van der Waals surface area contributed by atoms with Crippen LogP contribution in [-0.4, -0.2) is 19.1 Å². The van der Waals surface area contributed by atoms with Crippen molar-refractivity contribution in [2.24, 2.45) is 5.92 Å². The second kappa shape index (κ2) is 7.90. The van der Waals surface area contributed by atoms with Gasteiger partial charge in [-0.1, -0.05) is 20.8 Å². The van der Waals surface area contributed by atoms with Crippen molar-refractivity contribution in [3.8, 4) is 0 Å². The molecule has 0 heterocycles. The fourth-order valence-corrected chi connectivity index (χ4v) is 1.01. The third-order valence-corrected chi connectivity index (χ3v) is 1.78. The van der Waals surface area contributed by atoms with Gasteiger partial charge >= 0.3 is 6.03 Å². The van der Waals surface area contributed by atoms with Gasteiger partial charge in [-0.2, -0.15) is 0 Å². The summed E-state index contributed by atoms with van der Waals surface area (Å²) in [5, 5.41) is 5.59. The summed E-state index contributed by atoms with van der Waals surface area (Å²) < 4.78 is 0. The Bertz CT molecular complexity index is 135. The van der Waals surface area contributed by atoms with Gasteiger partial charge < -0.3 is 10.6 Å². The maximum atomic E-state index is 11.0. The molecule has 0 atom stereocenters. The summed E-state index contributed by atoms with van der Waals surface area (Å²) >= 11 is 0. The molecule has 0 saturated carbocycles. The van der Waals surface area contributed by atoms with E-state index >= 15 is 0 Å². The minimum absolute atomic E-state index is 0.0365. The Morgan fingerprint density at radius 2 is 1.85 bits per heavy atom. The van der Waals surface area contributed by atoms with Crippen LogP contribution in [0.25, 0.3) is 0 Å². The van der Waals surface area contributed by atoms with Crippen LogP contribution in [-0.2, 0) is 0 Å². The van der Waals surface area contributed by atoms with Crippen LogP contribution >= 0.6 is 0 Å². The van der Waals surface area contributed by atoms with Crippen LogP contribution in [0.2, 0.25) is 0 Å². The number of urea groups is 1. The van der Waals surface area contributed by atoms with Gasteiger partial charge in [0, 0.05) is 13.1 Å². The fourth-order valence-electron chi connectivity index (χ4n) is 1.01. The Labute approximate surface area is 81.3 Å². The Morgan fingerprint density at radius 3 is 2.38 bits per heavy atom. The van der Waals surface area contributed by atoms with E-state index in [1.54, 1.807) is 0 Å². The zero-order valence-electron chi connectivity index (χ0n) is 9.02. The number of nitrogens with one attached hydrogen (secondary N) is 2. The first-order valence-electron chi connectivity index (χ1n) is 5.18. The van der Waals surface area contributed by atoms with Gasteiger partial charge in [-0.3, -0.25) is 0 Å². The minimum Gasteiger partial charge on any atom is -0.338 e. The lowest BCUT2D eigenvalue weighted by atomic mass is 10.1. The molecule has 2 amide bonds. The molecule has 78 valence electrons. The molecule has 0 aliphatic carbocycles. The van der Waals surface area contributed by atoms with Gasteiger partial charge in [-0.05, 0) is 25.2 Å². The topological polar surface area (TPSA) is 41.1 Å².